The second kappa shape index (κ2) is 7.94. The van der Waals surface area contributed by atoms with Crippen LogP contribution >= 0.6 is 15.9 Å². The molecule has 0 amide bonds. The highest BCUT2D eigenvalue weighted by Crippen LogP contribution is 2.22. The van der Waals surface area contributed by atoms with Gasteiger partial charge in [0.15, 0.2) is 0 Å². The Balaban J connectivity index is 1.74. The summed E-state index contributed by atoms with van der Waals surface area (Å²) in [5.41, 5.74) is 1.61. The first-order valence-electron chi connectivity index (χ1n) is 8.14. The smallest absolute Gasteiger partial charge is 0.261 e. The molecule has 0 radical (unpaired) electrons. The fourth-order valence-corrected chi connectivity index (χ4v) is 4.75. The van der Waals surface area contributed by atoms with E-state index in [1.807, 2.05) is 6.92 Å². The Morgan fingerprint density at radius 1 is 0.607 bits per heavy atom. The molecule has 28 heavy (non-hydrogen) atoms. The summed E-state index contributed by atoms with van der Waals surface area (Å²) < 4.78 is 55.3. The average molecular weight is 481 g/mol. The minimum atomic E-state index is -3.73. The minimum absolute atomic E-state index is 0.125. The number of anilines is 2. The molecule has 9 heteroatoms. The van der Waals surface area contributed by atoms with Gasteiger partial charge in [0.25, 0.3) is 20.0 Å². The highest BCUT2D eigenvalue weighted by molar-refractivity contribution is 9.10. The number of nitrogens with one attached hydrogen (secondary N) is 2. The summed E-state index contributed by atoms with van der Waals surface area (Å²) >= 11 is 3.26. The summed E-state index contributed by atoms with van der Waals surface area (Å²) in [6.07, 6.45) is 0. The molecule has 3 rings (SSSR count). The molecule has 146 valence electrons. The zero-order chi connectivity index (χ0) is 20.4. The Kier molecular flexibility index (Phi) is 5.78. The van der Waals surface area contributed by atoms with E-state index in [9.17, 15) is 16.8 Å². The molecule has 0 aliphatic heterocycles. The van der Waals surface area contributed by atoms with Crippen LogP contribution in [0.5, 0.6) is 0 Å². The normalized spacial score (nSPS) is 11.8. The van der Waals surface area contributed by atoms with E-state index >= 15 is 0 Å². The lowest BCUT2D eigenvalue weighted by Crippen LogP contribution is -2.14. The summed E-state index contributed by atoms with van der Waals surface area (Å²) in [5.74, 6) is 0. The van der Waals surface area contributed by atoms with Gasteiger partial charge in [-0.25, -0.2) is 16.8 Å². The van der Waals surface area contributed by atoms with E-state index < -0.39 is 20.0 Å². The number of hydrogen-bond acceptors (Lipinski definition) is 4. The SMILES string of the molecule is Cc1ccc(S(=O)(=O)Nc2ccc(NS(=O)(=O)c3ccc(Br)cc3)cc2)cc1. The number of benzene rings is 3. The van der Waals surface area contributed by atoms with Gasteiger partial charge in [-0.1, -0.05) is 33.6 Å². The van der Waals surface area contributed by atoms with Gasteiger partial charge in [0, 0.05) is 15.8 Å². The summed E-state index contributed by atoms with van der Waals surface area (Å²) in [7, 11) is -7.45. The number of halogens is 1. The number of rotatable bonds is 6. The van der Waals surface area contributed by atoms with Gasteiger partial charge in [-0.05, 0) is 67.6 Å². The first-order valence-corrected chi connectivity index (χ1v) is 11.9. The second-order valence-electron chi connectivity index (χ2n) is 6.06. The molecule has 0 aromatic heterocycles. The maximum absolute atomic E-state index is 12.4. The summed E-state index contributed by atoms with van der Waals surface area (Å²) in [5, 5.41) is 0. The van der Waals surface area contributed by atoms with Gasteiger partial charge in [-0.2, -0.15) is 0 Å². The lowest BCUT2D eigenvalue weighted by atomic mass is 10.2. The largest absolute Gasteiger partial charge is 0.280 e. The summed E-state index contributed by atoms with van der Waals surface area (Å²) in [6, 6.07) is 18.7. The Hall–Kier alpha value is -2.36. The van der Waals surface area contributed by atoms with Crippen LogP contribution in [0.2, 0.25) is 0 Å². The highest BCUT2D eigenvalue weighted by atomic mass is 79.9. The maximum atomic E-state index is 12.4. The van der Waals surface area contributed by atoms with Gasteiger partial charge in [0.1, 0.15) is 0 Å². The predicted octanol–water partition coefficient (Wildman–Crippen LogP) is 4.36. The van der Waals surface area contributed by atoms with Gasteiger partial charge in [0.05, 0.1) is 9.79 Å². The molecule has 3 aromatic carbocycles. The Morgan fingerprint density at radius 3 is 1.36 bits per heavy atom. The van der Waals surface area contributed by atoms with Crippen molar-refractivity contribution in [2.75, 3.05) is 9.44 Å². The van der Waals surface area contributed by atoms with Crippen molar-refractivity contribution in [3.05, 3.63) is 82.8 Å². The van der Waals surface area contributed by atoms with Gasteiger partial charge in [-0.3, -0.25) is 9.44 Å². The number of aryl methyl sites for hydroxylation is 1. The lowest BCUT2D eigenvalue weighted by molar-refractivity contribution is 0.599. The molecule has 0 saturated heterocycles. The molecule has 0 fully saturated rings. The van der Waals surface area contributed by atoms with E-state index in [1.165, 1.54) is 48.5 Å². The number of hydrogen-bond donors (Lipinski definition) is 2. The topological polar surface area (TPSA) is 92.3 Å². The van der Waals surface area contributed by atoms with E-state index in [0.29, 0.717) is 11.4 Å². The molecule has 0 unspecified atom stereocenters. The predicted molar refractivity (Wildman–Crippen MR) is 113 cm³/mol. The molecule has 0 heterocycles. The molecule has 0 bridgehead atoms. The van der Waals surface area contributed by atoms with Crippen LogP contribution in [0.25, 0.3) is 0 Å². The first kappa shape index (κ1) is 20.4. The van der Waals surface area contributed by atoms with E-state index in [1.54, 1.807) is 24.3 Å². The van der Waals surface area contributed by atoms with Crippen LogP contribution in [0, 0.1) is 6.92 Å². The Labute approximate surface area is 172 Å². The molecular formula is C19H17BrN2O4S2. The highest BCUT2D eigenvalue weighted by Gasteiger charge is 2.16. The molecular weight excluding hydrogens is 464 g/mol. The van der Waals surface area contributed by atoms with Crippen molar-refractivity contribution in [1.82, 2.24) is 0 Å². The Morgan fingerprint density at radius 2 is 0.964 bits per heavy atom. The average Bonchev–Trinajstić information content (AvgIpc) is 2.64. The van der Waals surface area contributed by atoms with Crippen molar-refractivity contribution < 1.29 is 16.8 Å². The van der Waals surface area contributed by atoms with Gasteiger partial charge in [0.2, 0.25) is 0 Å². The fourth-order valence-electron chi connectivity index (χ4n) is 2.37. The van der Waals surface area contributed by atoms with E-state index in [2.05, 4.69) is 25.4 Å². The van der Waals surface area contributed by atoms with E-state index in [4.69, 9.17) is 0 Å². The van der Waals surface area contributed by atoms with E-state index in [0.717, 1.165) is 10.0 Å². The van der Waals surface area contributed by atoms with Crippen molar-refractivity contribution in [2.45, 2.75) is 16.7 Å². The Bertz CT molecular complexity index is 1080. The van der Waals surface area contributed by atoms with Crippen molar-refractivity contribution >= 4 is 47.4 Å². The molecule has 3 aromatic rings. The van der Waals surface area contributed by atoms with Crippen LogP contribution in [0.3, 0.4) is 0 Å². The zero-order valence-corrected chi connectivity index (χ0v) is 18.0. The second-order valence-corrected chi connectivity index (χ2v) is 10.3. The molecule has 0 aliphatic rings. The quantitative estimate of drug-likeness (QED) is 0.547. The van der Waals surface area contributed by atoms with Gasteiger partial charge < -0.3 is 0 Å². The lowest BCUT2D eigenvalue weighted by Gasteiger charge is -2.11. The summed E-state index contributed by atoms with van der Waals surface area (Å²) in [6.45, 7) is 1.87. The number of sulfonamides is 2. The first-order chi connectivity index (χ1) is 13.2. The molecule has 2 N–H and O–H groups in total. The van der Waals surface area contributed by atoms with Gasteiger partial charge >= 0.3 is 0 Å². The third kappa shape index (κ3) is 4.92. The standard InChI is InChI=1S/C19H17BrN2O4S2/c1-14-2-10-18(11-3-14)27(23,24)21-16-6-8-17(9-7-16)22-28(25,26)19-12-4-15(20)5-13-19/h2-13,21-22H,1H3. The molecule has 0 spiro atoms. The third-order valence-corrected chi connectivity index (χ3v) is 7.17. The fraction of sp³-hybridized carbons (Fsp3) is 0.0526. The van der Waals surface area contributed by atoms with Crippen molar-refractivity contribution in [1.29, 1.82) is 0 Å². The monoisotopic (exact) mass is 480 g/mol. The van der Waals surface area contributed by atoms with Crippen LogP contribution in [-0.4, -0.2) is 16.8 Å². The van der Waals surface area contributed by atoms with Crippen molar-refractivity contribution in [2.24, 2.45) is 0 Å². The maximum Gasteiger partial charge on any atom is 0.261 e. The molecule has 6 nitrogen and oxygen atoms in total. The van der Waals surface area contributed by atoms with Crippen molar-refractivity contribution in [3.63, 3.8) is 0 Å². The molecule has 0 saturated carbocycles. The third-order valence-electron chi connectivity index (χ3n) is 3.84. The van der Waals surface area contributed by atoms with Crippen LogP contribution in [0.1, 0.15) is 5.56 Å². The zero-order valence-electron chi connectivity index (χ0n) is 14.8. The minimum Gasteiger partial charge on any atom is -0.280 e. The van der Waals surface area contributed by atoms with Crippen LogP contribution in [0.15, 0.2) is 87.1 Å². The molecule has 0 aliphatic carbocycles. The van der Waals surface area contributed by atoms with Crippen molar-refractivity contribution in [3.8, 4) is 0 Å². The van der Waals surface area contributed by atoms with Crippen LogP contribution in [0.4, 0.5) is 11.4 Å². The molecule has 0 atom stereocenters. The van der Waals surface area contributed by atoms with Crippen LogP contribution < -0.4 is 9.44 Å². The van der Waals surface area contributed by atoms with E-state index in [-0.39, 0.29) is 9.79 Å². The van der Waals surface area contributed by atoms with Gasteiger partial charge in [-0.15, -0.1) is 0 Å². The summed E-state index contributed by atoms with van der Waals surface area (Å²) in [4.78, 5) is 0.276. The van der Waals surface area contributed by atoms with Crippen LogP contribution in [-0.2, 0) is 20.0 Å².